The molecule has 2 N–H and O–H groups in total. The highest BCUT2D eigenvalue weighted by Crippen LogP contribution is 2.30. The highest BCUT2D eigenvalue weighted by molar-refractivity contribution is 5.72. The van der Waals surface area contributed by atoms with Crippen LogP contribution in [0.25, 0.3) is 11.3 Å². The van der Waals surface area contributed by atoms with Gasteiger partial charge in [0.05, 0.1) is 18.2 Å². The number of nitrogens with zero attached hydrogens (tertiary/aromatic N) is 3. The number of unbranched alkanes of at least 4 members (excludes halogenated alkanes) is 1. The lowest BCUT2D eigenvalue weighted by Gasteiger charge is -2.21. The Labute approximate surface area is 121 Å². The summed E-state index contributed by atoms with van der Waals surface area (Å²) in [6.07, 6.45) is 13.4. The fraction of sp³-hybridized carbons (Fsp3) is 0.500. The Hall–Kier alpha value is -1.84. The van der Waals surface area contributed by atoms with Gasteiger partial charge < -0.3 is 10.3 Å². The number of hydrogen-bond acceptors (Lipinski definition) is 3. The number of pyridine rings is 1. The third-order valence-corrected chi connectivity index (χ3v) is 3.70. The smallest absolute Gasteiger partial charge is 0.0953 e. The van der Waals surface area contributed by atoms with Gasteiger partial charge in [0.15, 0.2) is 0 Å². The lowest BCUT2D eigenvalue weighted by Crippen LogP contribution is -2.10. The Bertz CT molecular complexity index is 533. The van der Waals surface area contributed by atoms with Gasteiger partial charge in [0.25, 0.3) is 0 Å². The van der Waals surface area contributed by atoms with Crippen LogP contribution in [-0.2, 0) is 0 Å². The van der Waals surface area contributed by atoms with E-state index in [1.807, 2.05) is 24.8 Å². The van der Waals surface area contributed by atoms with Gasteiger partial charge >= 0.3 is 0 Å². The van der Waals surface area contributed by atoms with Crippen molar-refractivity contribution in [1.29, 1.82) is 0 Å². The normalized spacial score (nSPS) is 12.5. The second-order valence-corrected chi connectivity index (χ2v) is 5.23. The number of imidazole rings is 1. The van der Waals surface area contributed by atoms with Gasteiger partial charge in [-0.1, -0.05) is 33.1 Å². The van der Waals surface area contributed by atoms with Crippen molar-refractivity contribution in [2.45, 2.75) is 52.0 Å². The van der Waals surface area contributed by atoms with Crippen LogP contribution >= 0.6 is 0 Å². The van der Waals surface area contributed by atoms with E-state index in [2.05, 4.69) is 28.4 Å². The van der Waals surface area contributed by atoms with Crippen LogP contribution < -0.4 is 5.73 Å². The maximum absolute atomic E-state index is 6.07. The van der Waals surface area contributed by atoms with Crippen LogP contribution in [0, 0.1) is 0 Å². The van der Waals surface area contributed by atoms with Gasteiger partial charge in [-0.25, -0.2) is 4.98 Å². The van der Waals surface area contributed by atoms with E-state index in [1.54, 1.807) is 6.20 Å². The quantitative estimate of drug-likeness (QED) is 0.827. The van der Waals surface area contributed by atoms with Crippen molar-refractivity contribution in [2.24, 2.45) is 0 Å². The predicted octanol–water partition coefficient (Wildman–Crippen LogP) is 4.06. The van der Waals surface area contributed by atoms with Crippen molar-refractivity contribution < 1.29 is 0 Å². The number of anilines is 1. The standard InChI is InChI=1S/C16H24N4/c1-3-5-7-13(6-4-2)20-12-19-11-16(20)14-10-18-9-8-15(14)17/h8-13H,3-7H2,1-2H3,(H2,17,18). The Kier molecular flexibility index (Phi) is 5.16. The molecule has 0 amide bonds. The molecule has 4 nitrogen and oxygen atoms in total. The molecule has 0 aromatic carbocycles. The number of nitrogens with two attached hydrogens (primary N) is 1. The van der Waals surface area contributed by atoms with Crippen molar-refractivity contribution >= 4 is 5.69 Å². The van der Waals surface area contributed by atoms with E-state index in [0.29, 0.717) is 6.04 Å². The second-order valence-electron chi connectivity index (χ2n) is 5.23. The van der Waals surface area contributed by atoms with E-state index < -0.39 is 0 Å². The predicted molar refractivity (Wildman–Crippen MR) is 83.3 cm³/mol. The molecule has 0 aliphatic rings. The first-order valence-electron chi connectivity index (χ1n) is 7.49. The van der Waals surface area contributed by atoms with Gasteiger partial charge in [0.2, 0.25) is 0 Å². The minimum Gasteiger partial charge on any atom is -0.398 e. The molecule has 0 bridgehead atoms. The molecule has 4 heteroatoms. The molecule has 0 aliphatic heterocycles. The summed E-state index contributed by atoms with van der Waals surface area (Å²) >= 11 is 0. The van der Waals surface area contributed by atoms with E-state index in [9.17, 15) is 0 Å². The molecular formula is C16H24N4. The molecule has 2 heterocycles. The second kappa shape index (κ2) is 7.08. The average Bonchev–Trinajstić information content (AvgIpc) is 2.93. The molecule has 0 aliphatic carbocycles. The van der Waals surface area contributed by atoms with Gasteiger partial charge in [-0.15, -0.1) is 0 Å². The molecule has 108 valence electrons. The summed E-state index contributed by atoms with van der Waals surface area (Å²) in [6, 6.07) is 2.34. The first-order chi connectivity index (χ1) is 9.77. The van der Waals surface area contributed by atoms with Gasteiger partial charge in [0, 0.05) is 29.7 Å². The van der Waals surface area contributed by atoms with Crippen molar-refractivity contribution in [3.05, 3.63) is 31.0 Å². The summed E-state index contributed by atoms with van der Waals surface area (Å²) in [5.74, 6) is 0. The zero-order chi connectivity index (χ0) is 14.4. The molecule has 0 saturated carbocycles. The summed E-state index contributed by atoms with van der Waals surface area (Å²) in [4.78, 5) is 8.52. The lowest BCUT2D eigenvalue weighted by atomic mass is 10.0. The molecule has 2 rings (SSSR count). The van der Waals surface area contributed by atoms with Crippen molar-refractivity contribution in [1.82, 2.24) is 14.5 Å². The number of rotatable bonds is 7. The van der Waals surface area contributed by atoms with Crippen molar-refractivity contribution in [3.8, 4) is 11.3 Å². The number of hydrogen-bond donors (Lipinski definition) is 1. The van der Waals surface area contributed by atoms with E-state index in [-0.39, 0.29) is 0 Å². The van der Waals surface area contributed by atoms with Crippen LogP contribution in [0.2, 0.25) is 0 Å². The van der Waals surface area contributed by atoms with E-state index >= 15 is 0 Å². The fourth-order valence-corrected chi connectivity index (χ4v) is 2.62. The summed E-state index contributed by atoms with van der Waals surface area (Å²) in [7, 11) is 0. The molecule has 1 atom stereocenters. The van der Waals surface area contributed by atoms with Crippen LogP contribution in [0.15, 0.2) is 31.0 Å². The SMILES string of the molecule is CCCCC(CCC)n1cncc1-c1cnccc1N. The fourth-order valence-electron chi connectivity index (χ4n) is 2.62. The molecule has 1 unspecified atom stereocenters. The van der Waals surface area contributed by atoms with Gasteiger partial charge in [-0.05, 0) is 18.9 Å². The van der Waals surface area contributed by atoms with Crippen LogP contribution in [0.3, 0.4) is 0 Å². The summed E-state index contributed by atoms with van der Waals surface area (Å²) < 4.78 is 2.27. The zero-order valence-corrected chi connectivity index (χ0v) is 12.4. The Morgan fingerprint density at radius 1 is 1.15 bits per heavy atom. The maximum atomic E-state index is 6.07. The Morgan fingerprint density at radius 2 is 2.00 bits per heavy atom. The van der Waals surface area contributed by atoms with Crippen LogP contribution in [0.4, 0.5) is 5.69 Å². The Morgan fingerprint density at radius 3 is 2.70 bits per heavy atom. The monoisotopic (exact) mass is 272 g/mol. The molecule has 0 fully saturated rings. The molecule has 2 aromatic heterocycles. The number of aromatic nitrogens is 3. The van der Waals surface area contributed by atoms with Gasteiger partial charge in [-0.3, -0.25) is 4.98 Å². The Balaban J connectivity index is 2.33. The maximum Gasteiger partial charge on any atom is 0.0953 e. The molecule has 20 heavy (non-hydrogen) atoms. The lowest BCUT2D eigenvalue weighted by molar-refractivity contribution is 0.420. The van der Waals surface area contributed by atoms with Crippen LogP contribution in [-0.4, -0.2) is 14.5 Å². The highest BCUT2D eigenvalue weighted by Gasteiger charge is 2.15. The minimum absolute atomic E-state index is 0.497. The molecule has 0 saturated heterocycles. The van der Waals surface area contributed by atoms with Gasteiger partial charge in [0.1, 0.15) is 0 Å². The first-order valence-corrected chi connectivity index (χ1v) is 7.49. The third kappa shape index (κ3) is 3.18. The van der Waals surface area contributed by atoms with Crippen LogP contribution in [0.1, 0.15) is 52.0 Å². The van der Waals surface area contributed by atoms with Gasteiger partial charge in [-0.2, -0.15) is 0 Å². The van der Waals surface area contributed by atoms with Crippen LogP contribution in [0.5, 0.6) is 0 Å². The molecule has 0 radical (unpaired) electrons. The molecule has 2 aromatic rings. The summed E-state index contributed by atoms with van der Waals surface area (Å²) in [5, 5.41) is 0. The van der Waals surface area contributed by atoms with E-state index in [0.717, 1.165) is 16.9 Å². The first kappa shape index (κ1) is 14.6. The minimum atomic E-state index is 0.497. The van der Waals surface area contributed by atoms with Crippen molar-refractivity contribution in [2.75, 3.05) is 5.73 Å². The highest BCUT2D eigenvalue weighted by atomic mass is 15.1. The average molecular weight is 272 g/mol. The zero-order valence-electron chi connectivity index (χ0n) is 12.4. The van der Waals surface area contributed by atoms with E-state index in [4.69, 9.17) is 5.73 Å². The largest absolute Gasteiger partial charge is 0.398 e. The van der Waals surface area contributed by atoms with E-state index in [1.165, 1.54) is 32.1 Å². The number of nitrogen functional groups attached to an aromatic ring is 1. The summed E-state index contributed by atoms with van der Waals surface area (Å²) in [5.41, 5.74) is 8.88. The molecular weight excluding hydrogens is 248 g/mol. The molecule has 0 spiro atoms. The topological polar surface area (TPSA) is 56.7 Å². The van der Waals surface area contributed by atoms with Crippen molar-refractivity contribution in [3.63, 3.8) is 0 Å². The third-order valence-electron chi connectivity index (χ3n) is 3.70. The summed E-state index contributed by atoms with van der Waals surface area (Å²) in [6.45, 7) is 4.46.